The van der Waals surface area contributed by atoms with E-state index in [1.165, 1.54) is 4.90 Å². The van der Waals surface area contributed by atoms with Crippen LogP contribution in [0.1, 0.15) is 52.9 Å². The molecular formula is C19H33N5O6. The number of carbonyl (C=O) groups excluding carboxylic acids is 4. The maximum atomic E-state index is 12.8. The molecule has 0 aromatic rings. The first-order valence-corrected chi connectivity index (χ1v) is 10.2. The molecule has 0 radical (unpaired) electrons. The molecule has 11 heteroatoms. The molecule has 1 rings (SSSR count). The second-order valence-electron chi connectivity index (χ2n) is 7.75. The lowest BCUT2D eigenvalue weighted by atomic mass is 9.97. The van der Waals surface area contributed by atoms with Crippen LogP contribution < -0.4 is 22.1 Å². The van der Waals surface area contributed by atoms with Gasteiger partial charge in [0, 0.05) is 13.0 Å². The molecule has 0 aliphatic carbocycles. The van der Waals surface area contributed by atoms with Crippen molar-refractivity contribution in [3.8, 4) is 0 Å². The fraction of sp³-hybridized carbons (Fsp3) is 0.737. The van der Waals surface area contributed by atoms with E-state index < -0.39 is 47.9 Å². The van der Waals surface area contributed by atoms with Crippen molar-refractivity contribution in [3.63, 3.8) is 0 Å². The van der Waals surface area contributed by atoms with Crippen LogP contribution in [-0.4, -0.2) is 70.3 Å². The maximum Gasteiger partial charge on any atom is 0.326 e. The molecule has 0 bridgehead atoms. The summed E-state index contributed by atoms with van der Waals surface area (Å²) in [6.45, 7) is 5.54. The molecule has 1 fully saturated rings. The van der Waals surface area contributed by atoms with E-state index in [1.54, 1.807) is 13.8 Å². The van der Waals surface area contributed by atoms with Gasteiger partial charge in [0.1, 0.15) is 18.1 Å². The van der Waals surface area contributed by atoms with Crippen LogP contribution in [0.4, 0.5) is 0 Å². The Bertz CT molecular complexity index is 668. The predicted molar refractivity (Wildman–Crippen MR) is 108 cm³/mol. The number of aliphatic carboxylic acids is 1. The van der Waals surface area contributed by atoms with Gasteiger partial charge in [0.2, 0.25) is 23.6 Å². The van der Waals surface area contributed by atoms with E-state index in [9.17, 15) is 29.1 Å². The zero-order valence-corrected chi connectivity index (χ0v) is 17.7. The smallest absolute Gasteiger partial charge is 0.326 e. The summed E-state index contributed by atoms with van der Waals surface area (Å²) in [6, 6.07) is -3.77. The Morgan fingerprint density at radius 1 is 1.17 bits per heavy atom. The lowest BCUT2D eigenvalue weighted by Gasteiger charge is -2.30. The van der Waals surface area contributed by atoms with Crippen LogP contribution in [0, 0.1) is 5.92 Å². The monoisotopic (exact) mass is 427 g/mol. The van der Waals surface area contributed by atoms with Crippen LogP contribution in [0.3, 0.4) is 0 Å². The Kier molecular flexibility index (Phi) is 9.70. The summed E-state index contributed by atoms with van der Waals surface area (Å²) >= 11 is 0. The van der Waals surface area contributed by atoms with Crippen molar-refractivity contribution in [2.24, 2.45) is 17.4 Å². The molecule has 7 N–H and O–H groups in total. The molecule has 1 aliphatic rings. The van der Waals surface area contributed by atoms with Gasteiger partial charge in [0.25, 0.3) is 0 Å². The Hall–Kier alpha value is -2.69. The van der Waals surface area contributed by atoms with Crippen LogP contribution in [0.15, 0.2) is 0 Å². The van der Waals surface area contributed by atoms with E-state index in [2.05, 4.69) is 10.6 Å². The van der Waals surface area contributed by atoms with Gasteiger partial charge in [-0.25, -0.2) is 4.79 Å². The van der Waals surface area contributed by atoms with Gasteiger partial charge in [-0.15, -0.1) is 0 Å². The number of rotatable bonds is 11. The van der Waals surface area contributed by atoms with Crippen molar-refractivity contribution in [1.82, 2.24) is 15.5 Å². The number of carboxylic acid groups (broad SMARTS) is 1. The summed E-state index contributed by atoms with van der Waals surface area (Å²) in [4.78, 5) is 61.6. The molecule has 30 heavy (non-hydrogen) atoms. The Morgan fingerprint density at radius 2 is 1.80 bits per heavy atom. The number of nitrogens with zero attached hydrogens (tertiary/aromatic N) is 1. The van der Waals surface area contributed by atoms with Crippen molar-refractivity contribution in [2.45, 2.75) is 77.0 Å². The number of carboxylic acids is 1. The third-order valence-electron chi connectivity index (χ3n) is 5.32. The number of likely N-dealkylation sites (tertiary alicyclic amines) is 1. The zero-order chi connectivity index (χ0) is 23.0. The van der Waals surface area contributed by atoms with Crippen molar-refractivity contribution in [2.75, 3.05) is 6.54 Å². The SMILES string of the molecule is CCC(C)C(NC(=O)C1CCCN1C(=O)C(C)N)C(=O)NC(CCC(N)=O)C(=O)O. The minimum Gasteiger partial charge on any atom is -0.480 e. The van der Waals surface area contributed by atoms with Gasteiger partial charge in [-0.1, -0.05) is 20.3 Å². The minimum absolute atomic E-state index is 0.156. The highest BCUT2D eigenvalue weighted by molar-refractivity contribution is 5.94. The molecule has 4 amide bonds. The van der Waals surface area contributed by atoms with Gasteiger partial charge in [-0.05, 0) is 32.1 Å². The van der Waals surface area contributed by atoms with Crippen molar-refractivity contribution < 1.29 is 29.1 Å². The number of carbonyl (C=O) groups is 5. The van der Waals surface area contributed by atoms with Crippen LogP contribution >= 0.6 is 0 Å². The molecule has 0 saturated carbocycles. The van der Waals surface area contributed by atoms with Crippen molar-refractivity contribution >= 4 is 29.6 Å². The largest absolute Gasteiger partial charge is 0.480 e. The van der Waals surface area contributed by atoms with Gasteiger partial charge >= 0.3 is 5.97 Å². The summed E-state index contributed by atoms with van der Waals surface area (Å²) in [5.74, 6) is -3.76. The van der Waals surface area contributed by atoms with Crippen LogP contribution in [-0.2, 0) is 24.0 Å². The number of amides is 4. The quantitative estimate of drug-likeness (QED) is 0.271. The predicted octanol–water partition coefficient (Wildman–Crippen LogP) is -1.31. The first-order valence-electron chi connectivity index (χ1n) is 10.2. The first kappa shape index (κ1) is 25.3. The molecule has 0 aromatic carbocycles. The zero-order valence-electron chi connectivity index (χ0n) is 17.7. The maximum absolute atomic E-state index is 12.8. The van der Waals surface area contributed by atoms with Crippen molar-refractivity contribution in [1.29, 1.82) is 0 Å². The van der Waals surface area contributed by atoms with Crippen molar-refractivity contribution in [3.05, 3.63) is 0 Å². The molecule has 5 unspecified atom stereocenters. The Balaban J connectivity index is 2.91. The van der Waals surface area contributed by atoms with Gasteiger partial charge in [-0.3, -0.25) is 19.2 Å². The Labute approximate surface area is 175 Å². The normalized spacial score (nSPS) is 20.0. The second-order valence-corrected chi connectivity index (χ2v) is 7.75. The van der Waals surface area contributed by atoms with E-state index in [0.717, 1.165) is 0 Å². The highest BCUT2D eigenvalue weighted by Crippen LogP contribution is 2.19. The van der Waals surface area contributed by atoms with E-state index >= 15 is 0 Å². The summed E-state index contributed by atoms with van der Waals surface area (Å²) in [6.07, 6.45) is 1.29. The second kappa shape index (κ2) is 11.5. The molecule has 5 atom stereocenters. The molecule has 1 saturated heterocycles. The molecule has 0 aromatic heterocycles. The number of nitrogens with two attached hydrogens (primary N) is 2. The van der Waals surface area contributed by atoms with Gasteiger partial charge in [-0.2, -0.15) is 0 Å². The summed E-state index contributed by atoms with van der Waals surface area (Å²) < 4.78 is 0. The van der Waals surface area contributed by atoms with E-state index in [-0.39, 0.29) is 24.7 Å². The highest BCUT2D eigenvalue weighted by Gasteiger charge is 2.38. The number of hydrogen-bond donors (Lipinski definition) is 5. The van der Waals surface area contributed by atoms with Crippen LogP contribution in [0.2, 0.25) is 0 Å². The van der Waals surface area contributed by atoms with Gasteiger partial charge in [0.15, 0.2) is 0 Å². The molecular weight excluding hydrogens is 394 g/mol. The number of nitrogens with one attached hydrogen (secondary N) is 2. The van der Waals surface area contributed by atoms with Crippen LogP contribution in [0.5, 0.6) is 0 Å². The fourth-order valence-electron chi connectivity index (χ4n) is 3.32. The summed E-state index contributed by atoms with van der Waals surface area (Å²) in [5.41, 5.74) is 10.7. The molecule has 1 aliphatic heterocycles. The first-order chi connectivity index (χ1) is 14.0. The topological polar surface area (TPSA) is 185 Å². The average molecular weight is 428 g/mol. The summed E-state index contributed by atoms with van der Waals surface area (Å²) in [7, 11) is 0. The van der Waals surface area contributed by atoms with Gasteiger partial charge in [0.05, 0.1) is 6.04 Å². The molecule has 11 nitrogen and oxygen atoms in total. The minimum atomic E-state index is -1.31. The van der Waals surface area contributed by atoms with Crippen LogP contribution in [0.25, 0.3) is 0 Å². The van der Waals surface area contributed by atoms with E-state index in [0.29, 0.717) is 25.8 Å². The lowest BCUT2D eigenvalue weighted by molar-refractivity contribution is -0.143. The van der Waals surface area contributed by atoms with E-state index in [4.69, 9.17) is 11.5 Å². The average Bonchev–Trinajstić information content (AvgIpc) is 3.16. The lowest BCUT2D eigenvalue weighted by Crippen LogP contribution is -2.58. The standard InChI is InChI=1S/C19H33N5O6/c1-4-10(2)15(17(27)22-12(19(29)30)7-8-14(21)25)23-16(26)13-6-5-9-24(13)18(28)11(3)20/h10-13,15H,4-9,20H2,1-3H3,(H2,21,25)(H,22,27)(H,23,26)(H,29,30). The number of primary amides is 1. The van der Waals surface area contributed by atoms with E-state index in [1.807, 2.05) is 6.92 Å². The third kappa shape index (κ3) is 6.97. The third-order valence-corrected chi connectivity index (χ3v) is 5.32. The highest BCUT2D eigenvalue weighted by atomic mass is 16.4. The molecule has 1 heterocycles. The number of hydrogen-bond acceptors (Lipinski definition) is 6. The van der Waals surface area contributed by atoms with Gasteiger partial charge < -0.3 is 32.1 Å². The summed E-state index contributed by atoms with van der Waals surface area (Å²) in [5, 5.41) is 14.4. The molecule has 170 valence electrons. The fourth-order valence-corrected chi connectivity index (χ4v) is 3.32. The Morgan fingerprint density at radius 3 is 2.30 bits per heavy atom. The molecule has 0 spiro atoms.